The quantitative estimate of drug-likeness (QED) is 0.645. The van der Waals surface area contributed by atoms with Gasteiger partial charge in [-0.3, -0.25) is 4.79 Å². The van der Waals surface area contributed by atoms with Crippen LogP contribution in [0, 0.1) is 13.8 Å². The van der Waals surface area contributed by atoms with Crippen molar-refractivity contribution < 1.29 is 9.63 Å². The molecule has 1 N–H and O–H groups in total. The van der Waals surface area contributed by atoms with Gasteiger partial charge in [-0.25, -0.2) is 0 Å². The van der Waals surface area contributed by atoms with Crippen LogP contribution >= 0.6 is 15.9 Å². The Kier molecular flexibility index (Phi) is 5.72. The minimum Gasteiger partial charge on any atom is -0.386 e. The molecule has 5 heteroatoms. The molecular formula is C17H17BrN2O2. The van der Waals surface area contributed by atoms with E-state index in [1.807, 2.05) is 56.3 Å². The lowest BCUT2D eigenvalue weighted by molar-refractivity contribution is -0.120. The minimum absolute atomic E-state index is 0.130. The predicted molar refractivity (Wildman–Crippen MR) is 92.2 cm³/mol. The number of para-hydroxylation sites is 1. The predicted octanol–water partition coefficient (Wildman–Crippen LogP) is 4.06. The SMILES string of the molecule is Cc1cccc(C)c1NC(=O)CO/N=C\c1ccccc1Br. The number of nitrogens with one attached hydrogen (secondary N) is 1. The Balaban J connectivity index is 1.87. The molecule has 0 fully saturated rings. The molecule has 4 nitrogen and oxygen atoms in total. The molecule has 0 atom stereocenters. The zero-order chi connectivity index (χ0) is 15.9. The maximum Gasteiger partial charge on any atom is 0.265 e. The Bertz CT molecular complexity index is 679. The number of hydrogen-bond acceptors (Lipinski definition) is 3. The highest BCUT2D eigenvalue weighted by atomic mass is 79.9. The number of amides is 1. The number of oxime groups is 1. The van der Waals surface area contributed by atoms with Gasteiger partial charge in [0.25, 0.3) is 5.91 Å². The number of hydrogen-bond donors (Lipinski definition) is 1. The molecule has 0 aliphatic carbocycles. The first-order chi connectivity index (χ1) is 10.6. The molecule has 2 rings (SSSR count). The molecule has 114 valence electrons. The summed E-state index contributed by atoms with van der Waals surface area (Å²) in [6.45, 7) is 3.78. The molecule has 0 unspecified atom stereocenters. The van der Waals surface area contributed by atoms with E-state index in [1.54, 1.807) is 6.21 Å². The summed E-state index contributed by atoms with van der Waals surface area (Å²) in [6.07, 6.45) is 1.57. The van der Waals surface area contributed by atoms with E-state index in [1.165, 1.54) is 0 Å². The number of anilines is 1. The first-order valence-corrected chi connectivity index (χ1v) is 7.63. The van der Waals surface area contributed by atoms with Crippen molar-refractivity contribution in [2.75, 3.05) is 11.9 Å². The third-order valence-corrected chi connectivity index (χ3v) is 3.83. The van der Waals surface area contributed by atoms with Crippen LogP contribution in [0.5, 0.6) is 0 Å². The minimum atomic E-state index is -0.235. The Morgan fingerprint density at radius 3 is 2.55 bits per heavy atom. The average molecular weight is 361 g/mol. The van der Waals surface area contributed by atoms with Crippen LogP contribution in [0.15, 0.2) is 52.1 Å². The summed E-state index contributed by atoms with van der Waals surface area (Å²) in [6, 6.07) is 13.5. The van der Waals surface area contributed by atoms with Crippen LogP contribution in [0.1, 0.15) is 16.7 Å². The van der Waals surface area contributed by atoms with E-state index in [9.17, 15) is 4.79 Å². The first kappa shape index (κ1) is 16.2. The summed E-state index contributed by atoms with van der Waals surface area (Å²) in [5.74, 6) is -0.235. The number of rotatable bonds is 5. The van der Waals surface area contributed by atoms with Gasteiger partial charge in [0.2, 0.25) is 0 Å². The monoisotopic (exact) mass is 360 g/mol. The summed E-state index contributed by atoms with van der Waals surface area (Å²) in [4.78, 5) is 16.9. The first-order valence-electron chi connectivity index (χ1n) is 6.84. The summed E-state index contributed by atoms with van der Waals surface area (Å²) in [7, 11) is 0. The van der Waals surface area contributed by atoms with Crippen molar-refractivity contribution in [2.45, 2.75) is 13.8 Å². The molecule has 0 saturated heterocycles. The third kappa shape index (κ3) is 4.43. The van der Waals surface area contributed by atoms with Gasteiger partial charge in [0, 0.05) is 15.7 Å². The maximum absolute atomic E-state index is 11.9. The molecular weight excluding hydrogens is 344 g/mol. The van der Waals surface area contributed by atoms with Gasteiger partial charge in [0.05, 0.1) is 6.21 Å². The van der Waals surface area contributed by atoms with Crippen LogP contribution < -0.4 is 5.32 Å². The molecule has 0 heterocycles. The summed E-state index contributed by atoms with van der Waals surface area (Å²) in [5.41, 5.74) is 3.75. The molecule has 0 aliphatic heterocycles. The highest BCUT2D eigenvalue weighted by Crippen LogP contribution is 2.19. The number of halogens is 1. The Hall–Kier alpha value is -2.14. The lowest BCUT2D eigenvalue weighted by Crippen LogP contribution is -2.18. The highest BCUT2D eigenvalue weighted by Gasteiger charge is 2.07. The van der Waals surface area contributed by atoms with Gasteiger partial charge >= 0.3 is 0 Å². The molecule has 1 amide bonds. The van der Waals surface area contributed by atoms with Crippen LogP contribution in [0.2, 0.25) is 0 Å². The maximum atomic E-state index is 11.9. The van der Waals surface area contributed by atoms with Gasteiger partial charge in [0.15, 0.2) is 6.61 Å². The second-order valence-corrected chi connectivity index (χ2v) is 5.70. The molecule has 2 aromatic carbocycles. The molecule has 0 radical (unpaired) electrons. The van der Waals surface area contributed by atoms with E-state index >= 15 is 0 Å². The van der Waals surface area contributed by atoms with Crippen molar-refractivity contribution in [1.82, 2.24) is 0 Å². The van der Waals surface area contributed by atoms with Crippen molar-refractivity contribution >= 4 is 33.7 Å². The van der Waals surface area contributed by atoms with Crippen molar-refractivity contribution in [3.8, 4) is 0 Å². The van der Waals surface area contributed by atoms with Crippen LogP contribution in [-0.2, 0) is 9.63 Å². The fourth-order valence-electron chi connectivity index (χ4n) is 1.96. The van der Waals surface area contributed by atoms with E-state index in [4.69, 9.17) is 4.84 Å². The standard InChI is InChI=1S/C17H17BrN2O2/c1-12-6-5-7-13(2)17(12)20-16(21)11-22-19-10-14-8-3-4-9-15(14)18/h3-10H,11H2,1-2H3,(H,20,21)/b19-10-. The Morgan fingerprint density at radius 2 is 1.86 bits per heavy atom. The molecule has 0 aliphatic rings. The average Bonchev–Trinajstić information content (AvgIpc) is 2.49. The number of aryl methyl sites for hydroxylation is 2. The van der Waals surface area contributed by atoms with Crippen LogP contribution in [0.25, 0.3) is 0 Å². The molecule has 0 bridgehead atoms. The van der Waals surface area contributed by atoms with Crippen molar-refractivity contribution in [1.29, 1.82) is 0 Å². The summed E-state index contributed by atoms with van der Waals surface area (Å²) in [5, 5.41) is 6.65. The number of carbonyl (C=O) groups is 1. The molecule has 0 aromatic heterocycles. The molecule has 22 heavy (non-hydrogen) atoms. The van der Waals surface area contributed by atoms with E-state index in [0.717, 1.165) is 26.9 Å². The number of nitrogens with zero attached hydrogens (tertiary/aromatic N) is 1. The normalized spacial score (nSPS) is 10.7. The second-order valence-electron chi connectivity index (χ2n) is 4.84. The van der Waals surface area contributed by atoms with Gasteiger partial charge in [-0.05, 0) is 31.0 Å². The van der Waals surface area contributed by atoms with Crippen LogP contribution in [0.4, 0.5) is 5.69 Å². The van der Waals surface area contributed by atoms with Crippen molar-refractivity contribution in [3.63, 3.8) is 0 Å². The van der Waals surface area contributed by atoms with Crippen molar-refractivity contribution in [3.05, 3.63) is 63.6 Å². The van der Waals surface area contributed by atoms with Gasteiger partial charge < -0.3 is 10.2 Å². The summed E-state index contributed by atoms with van der Waals surface area (Å²) < 4.78 is 0.919. The van der Waals surface area contributed by atoms with Crippen molar-refractivity contribution in [2.24, 2.45) is 5.16 Å². The van der Waals surface area contributed by atoms with Gasteiger partial charge in [0.1, 0.15) is 0 Å². The molecule has 0 saturated carbocycles. The van der Waals surface area contributed by atoms with Crippen LogP contribution in [-0.4, -0.2) is 18.7 Å². The fraction of sp³-hybridized carbons (Fsp3) is 0.176. The number of carbonyl (C=O) groups excluding carboxylic acids is 1. The van der Waals surface area contributed by atoms with Gasteiger partial charge in [-0.15, -0.1) is 0 Å². The zero-order valence-corrected chi connectivity index (χ0v) is 14.1. The highest BCUT2D eigenvalue weighted by molar-refractivity contribution is 9.10. The van der Waals surface area contributed by atoms with Gasteiger partial charge in [-0.1, -0.05) is 57.5 Å². The largest absolute Gasteiger partial charge is 0.386 e. The molecule has 2 aromatic rings. The zero-order valence-electron chi connectivity index (χ0n) is 12.5. The molecule has 0 spiro atoms. The second kappa shape index (κ2) is 7.75. The number of benzene rings is 2. The van der Waals surface area contributed by atoms with Gasteiger partial charge in [-0.2, -0.15) is 0 Å². The topological polar surface area (TPSA) is 50.7 Å². The van der Waals surface area contributed by atoms with E-state index in [0.29, 0.717) is 0 Å². The Morgan fingerprint density at radius 1 is 1.18 bits per heavy atom. The van der Waals surface area contributed by atoms with E-state index in [-0.39, 0.29) is 12.5 Å². The summed E-state index contributed by atoms with van der Waals surface area (Å²) >= 11 is 3.41. The fourth-order valence-corrected chi connectivity index (χ4v) is 2.34. The third-order valence-electron chi connectivity index (χ3n) is 3.11. The lowest BCUT2D eigenvalue weighted by atomic mass is 10.1. The van der Waals surface area contributed by atoms with Crippen LogP contribution in [0.3, 0.4) is 0 Å². The Labute approximate surface area is 138 Å². The van der Waals surface area contributed by atoms with E-state index in [2.05, 4.69) is 26.4 Å². The lowest BCUT2D eigenvalue weighted by Gasteiger charge is -2.10. The smallest absolute Gasteiger partial charge is 0.265 e. The van der Waals surface area contributed by atoms with E-state index < -0.39 is 0 Å².